The predicted molar refractivity (Wildman–Crippen MR) is 80.9 cm³/mol. The van der Waals surface area contributed by atoms with Gasteiger partial charge >= 0.3 is 11.9 Å². The highest BCUT2D eigenvalue weighted by atomic mass is 16.6. The summed E-state index contributed by atoms with van der Waals surface area (Å²) in [5, 5.41) is 10.5. The molecule has 1 fully saturated rings. The molecule has 0 aromatic heterocycles. The van der Waals surface area contributed by atoms with Crippen molar-refractivity contribution in [2.45, 2.75) is 52.2 Å². The van der Waals surface area contributed by atoms with Gasteiger partial charge in [0, 0.05) is 12.8 Å². The van der Waals surface area contributed by atoms with Gasteiger partial charge in [0.25, 0.3) is 0 Å². The summed E-state index contributed by atoms with van der Waals surface area (Å²) in [5.41, 5.74) is 2.02. The summed E-state index contributed by atoms with van der Waals surface area (Å²) >= 11 is 0. The summed E-state index contributed by atoms with van der Waals surface area (Å²) in [6.45, 7) is 5.35. The van der Waals surface area contributed by atoms with Crippen LogP contribution in [0.2, 0.25) is 0 Å². The molecule has 2 aliphatic rings. The Bertz CT molecular complexity index is 505. The first-order valence-corrected chi connectivity index (χ1v) is 7.75. The van der Waals surface area contributed by atoms with Gasteiger partial charge in [0.05, 0.1) is 12.0 Å². The average Bonchev–Trinajstić information content (AvgIpc) is 2.70. The Morgan fingerprint density at radius 2 is 2.23 bits per heavy atom. The van der Waals surface area contributed by atoms with Crippen LogP contribution < -0.4 is 0 Å². The van der Waals surface area contributed by atoms with E-state index in [0.717, 1.165) is 24.0 Å². The maximum atomic E-state index is 11.9. The molecule has 2 rings (SSSR count). The molecule has 1 aliphatic heterocycles. The quantitative estimate of drug-likeness (QED) is 0.625. The van der Waals surface area contributed by atoms with Gasteiger partial charge in [-0.3, -0.25) is 9.59 Å². The van der Waals surface area contributed by atoms with Crippen LogP contribution in [0.25, 0.3) is 0 Å². The highest BCUT2D eigenvalue weighted by molar-refractivity contribution is 5.75. The van der Waals surface area contributed by atoms with Gasteiger partial charge in [-0.25, -0.2) is 0 Å². The predicted octanol–water partition coefficient (Wildman–Crippen LogP) is 2.14. The third-order valence-electron chi connectivity index (χ3n) is 4.38. The van der Waals surface area contributed by atoms with Gasteiger partial charge in [0.15, 0.2) is 0 Å². The van der Waals surface area contributed by atoms with E-state index in [0.29, 0.717) is 6.42 Å². The number of allylic oxidation sites excluding steroid dienone is 1. The molecule has 1 saturated heterocycles. The van der Waals surface area contributed by atoms with E-state index in [9.17, 15) is 14.7 Å². The van der Waals surface area contributed by atoms with Crippen LogP contribution in [0.3, 0.4) is 0 Å². The van der Waals surface area contributed by atoms with Crippen LogP contribution in [-0.4, -0.2) is 35.9 Å². The van der Waals surface area contributed by atoms with Crippen molar-refractivity contribution < 1.29 is 24.2 Å². The Hall–Kier alpha value is -1.62. The van der Waals surface area contributed by atoms with Gasteiger partial charge in [-0.15, -0.1) is 0 Å². The maximum Gasteiger partial charge on any atom is 0.309 e. The van der Waals surface area contributed by atoms with E-state index in [2.05, 4.69) is 6.08 Å². The summed E-state index contributed by atoms with van der Waals surface area (Å²) in [7, 11) is 0. The molecule has 0 aromatic rings. The van der Waals surface area contributed by atoms with Crippen molar-refractivity contribution in [3.05, 3.63) is 23.3 Å². The van der Waals surface area contributed by atoms with Crippen molar-refractivity contribution in [2.24, 2.45) is 11.8 Å². The standard InChI is InChI=1S/C17H24O5/c1-10-5-4-6-13(9-21-12(3)18)8-15-16(14(19)7-10)11(2)17(20)22-15/h5,8,11,14-16,19H,4,6-7,9H2,1-3H3. The van der Waals surface area contributed by atoms with Gasteiger partial charge in [0.1, 0.15) is 12.7 Å². The van der Waals surface area contributed by atoms with Crippen molar-refractivity contribution in [3.8, 4) is 0 Å². The van der Waals surface area contributed by atoms with Gasteiger partial charge in [-0.05, 0) is 37.8 Å². The monoisotopic (exact) mass is 308 g/mol. The van der Waals surface area contributed by atoms with E-state index in [4.69, 9.17) is 9.47 Å². The topological polar surface area (TPSA) is 72.8 Å². The molecule has 0 amide bonds. The van der Waals surface area contributed by atoms with Crippen molar-refractivity contribution in [3.63, 3.8) is 0 Å². The highest BCUT2D eigenvalue weighted by Crippen LogP contribution is 2.35. The Kier molecular flexibility index (Phi) is 5.40. The number of fused-ring (bicyclic) bond motifs is 1. The molecule has 1 N–H and O–H groups in total. The SMILES string of the molecule is CC(=O)OCC1=CC2OC(=O)C(C)C2C(O)CC(C)=CCC1. The van der Waals surface area contributed by atoms with E-state index in [-0.39, 0.29) is 30.4 Å². The molecular formula is C17H24O5. The van der Waals surface area contributed by atoms with E-state index in [1.165, 1.54) is 6.92 Å². The number of aliphatic hydroxyl groups is 1. The van der Waals surface area contributed by atoms with Crippen LogP contribution >= 0.6 is 0 Å². The Morgan fingerprint density at radius 1 is 1.50 bits per heavy atom. The average molecular weight is 308 g/mol. The summed E-state index contributed by atoms with van der Waals surface area (Å²) < 4.78 is 10.5. The van der Waals surface area contributed by atoms with E-state index in [1.807, 2.05) is 13.0 Å². The molecular weight excluding hydrogens is 284 g/mol. The second kappa shape index (κ2) is 7.09. The Labute approximate surface area is 131 Å². The number of esters is 2. The van der Waals surface area contributed by atoms with Crippen molar-refractivity contribution in [1.82, 2.24) is 0 Å². The van der Waals surface area contributed by atoms with Crippen LogP contribution in [0.1, 0.15) is 40.0 Å². The lowest BCUT2D eigenvalue weighted by molar-refractivity contribution is -0.143. The summed E-state index contributed by atoms with van der Waals surface area (Å²) in [6, 6.07) is 0. The van der Waals surface area contributed by atoms with E-state index >= 15 is 0 Å². The summed E-state index contributed by atoms with van der Waals surface area (Å²) in [4.78, 5) is 22.9. The summed E-state index contributed by atoms with van der Waals surface area (Å²) in [5.74, 6) is -1.21. The lowest BCUT2D eigenvalue weighted by atomic mass is 9.82. The van der Waals surface area contributed by atoms with Crippen molar-refractivity contribution >= 4 is 11.9 Å². The van der Waals surface area contributed by atoms with Crippen LogP contribution in [0, 0.1) is 11.8 Å². The van der Waals surface area contributed by atoms with E-state index in [1.54, 1.807) is 6.92 Å². The fourth-order valence-corrected chi connectivity index (χ4v) is 3.14. The molecule has 0 bridgehead atoms. The number of ether oxygens (including phenoxy) is 2. The molecule has 1 heterocycles. The lowest BCUT2D eigenvalue weighted by Gasteiger charge is -2.25. The second-order valence-electron chi connectivity index (χ2n) is 6.23. The molecule has 5 nitrogen and oxygen atoms in total. The fraction of sp³-hybridized carbons (Fsp3) is 0.647. The van der Waals surface area contributed by atoms with Crippen molar-refractivity contribution in [1.29, 1.82) is 0 Å². The molecule has 22 heavy (non-hydrogen) atoms. The molecule has 0 radical (unpaired) electrons. The number of carbonyl (C=O) groups is 2. The van der Waals surface area contributed by atoms with Gasteiger partial charge in [-0.2, -0.15) is 0 Å². The minimum absolute atomic E-state index is 0.202. The molecule has 4 atom stereocenters. The van der Waals surface area contributed by atoms with Crippen LogP contribution in [0.5, 0.6) is 0 Å². The zero-order valence-electron chi connectivity index (χ0n) is 13.4. The zero-order chi connectivity index (χ0) is 16.3. The normalized spacial score (nSPS) is 32.5. The zero-order valence-corrected chi connectivity index (χ0v) is 13.4. The van der Waals surface area contributed by atoms with Crippen LogP contribution in [-0.2, 0) is 19.1 Å². The highest BCUT2D eigenvalue weighted by Gasteiger charge is 2.44. The Morgan fingerprint density at radius 3 is 2.91 bits per heavy atom. The minimum atomic E-state index is -0.618. The van der Waals surface area contributed by atoms with Gasteiger partial charge in [-0.1, -0.05) is 18.6 Å². The molecule has 122 valence electrons. The largest absolute Gasteiger partial charge is 0.461 e. The van der Waals surface area contributed by atoms with Gasteiger partial charge in [0.2, 0.25) is 0 Å². The number of rotatable bonds is 2. The Balaban J connectivity index is 2.26. The number of carbonyl (C=O) groups excluding carboxylic acids is 2. The smallest absolute Gasteiger partial charge is 0.309 e. The molecule has 0 saturated carbocycles. The van der Waals surface area contributed by atoms with Crippen LogP contribution in [0.15, 0.2) is 23.3 Å². The third kappa shape index (κ3) is 3.97. The van der Waals surface area contributed by atoms with E-state index < -0.39 is 12.2 Å². The molecule has 4 unspecified atom stereocenters. The number of hydrogen-bond donors (Lipinski definition) is 1. The first kappa shape index (κ1) is 16.7. The second-order valence-corrected chi connectivity index (χ2v) is 6.23. The fourth-order valence-electron chi connectivity index (χ4n) is 3.14. The van der Waals surface area contributed by atoms with Gasteiger partial charge < -0.3 is 14.6 Å². The third-order valence-corrected chi connectivity index (χ3v) is 4.38. The number of aliphatic hydroxyl groups excluding tert-OH is 1. The molecule has 5 heteroatoms. The molecule has 1 aliphatic carbocycles. The summed E-state index contributed by atoms with van der Waals surface area (Å²) in [6.07, 6.45) is 4.98. The number of hydrogen-bond acceptors (Lipinski definition) is 5. The molecule has 0 spiro atoms. The van der Waals surface area contributed by atoms with Crippen molar-refractivity contribution in [2.75, 3.05) is 6.61 Å². The molecule has 0 aromatic carbocycles. The first-order chi connectivity index (χ1) is 10.4. The maximum absolute atomic E-state index is 11.9. The lowest BCUT2D eigenvalue weighted by Crippen LogP contribution is -2.32. The minimum Gasteiger partial charge on any atom is -0.461 e. The van der Waals surface area contributed by atoms with Crippen LogP contribution in [0.4, 0.5) is 0 Å². The first-order valence-electron chi connectivity index (χ1n) is 7.75.